The highest BCUT2D eigenvalue weighted by Gasteiger charge is 2.19. The molecule has 0 atom stereocenters. The summed E-state index contributed by atoms with van der Waals surface area (Å²) in [6, 6.07) is 6.65. The Balaban J connectivity index is 1.56. The van der Waals surface area contributed by atoms with Gasteiger partial charge in [-0.1, -0.05) is 4.49 Å². The number of nitrogen functional groups attached to an aromatic ring is 1. The van der Waals surface area contributed by atoms with Crippen molar-refractivity contribution in [3.05, 3.63) is 35.8 Å². The van der Waals surface area contributed by atoms with E-state index >= 15 is 0 Å². The van der Waals surface area contributed by atoms with Crippen molar-refractivity contribution in [2.45, 2.75) is 6.54 Å². The van der Waals surface area contributed by atoms with E-state index in [0.29, 0.717) is 0 Å². The number of nitrogens with zero attached hydrogens (tertiary/aromatic N) is 4. The van der Waals surface area contributed by atoms with Crippen LogP contribution in [-0.2, 0) is 6.54 Å². The van der Waals surface area contributed by atoms with Crippen LogP contribution < -0.4 is 16.2 Å². The van der Waals surface area contributed by atoms with E-state index in [4.69, 9.17) is 5.84 Å². The monoisotopic (exact) mass is 308 g/mol. The molecule has 6 nitrogen and oxygen atoms in total. The van der Waals surface area contributed by atoms with E-state index in [1.54, 1.807) is 0 Å². The third kappa shape index (κ3) is 3.29. The molecule has 0 unspecified atom stereocenters. The minimum atomic E-state index is -0.199. The molecule has 2 heterocycles. The summed E-state index contributed by atoms with van der Waals surface area (Å²) < 4.78 is 16.9. The fraction of sp³-hybridized carbons (Fsp3) is 0.385. The predicted molar refractivity (Wildman–Crippen MR) is 81.6 cm³/mol. The van der Waals surface area contributed by atoms with Crippen molar-refractivity contribution in [1.82, 2.24) is 14.5 Å². The summed E-state index contributed by atoms with van der Waals surface area (Å²) in [5.74, 6) is 5.23. The molecule has 8 heteroatoms. The smallest absolute Gasteiger partial charge is 0.148 e. The predicted octanol–water partition coefficient (Wildman–Crippen LogP) is 1.28. The lowest BCUT2D eigenvalue weighted by Crippen LogP contribution is -2.46. The molecule has 1 aromatic carbocycles. The highest BCUT2D eigenvalue weighted by Crippen LogP contribution is 2.20. The van der Waals surface area contributed by atoms with E-state index in [1.807, 2.05) is 12.1 Å². The second-order valence-electron chi connectivity index (χ2n) is 4.93. The van der Waals surface area contributed by atoms with Gasteiger partial charge in [0.25, 0.3) is 0 Å². The molecule has 0 amide bonds. The third-order valence-electron chi connectivity index (χ3n) is 3.62. The van der Waals surface area contributed by atoms with E-state index in [2.05, 4.69) is 24.8 Å². The molecule has 0 aliphatic carbocycles. The number of aromatic nitrogens is 2. The zero-order chi connectivity index (χ0) is 14.7. The molecule has 0 saturated carbocycles. The number of piperazine rings is 1. The Labute approximate surface area is 126 Å². The zero-order valence-corrected chi connectivity index (χ0v) is 12.3. The van der Waals surface area contributed by atoms with Crippen molar-refractivity contribution >= 4 is 22.2 Å². The van der Waals surface area contributed by atoms with Gasteiger partial charge in [-0.05, 0) is 24.3 Å². The summed E-state index contributed by atoms with van der Waals surface area (Å²) in [6.45, 7) is 4.42. The van der Waals surface area contributed by atoms with Gasteiger partial charge in [0.2, 0.25) is 0 Å². The van der Waals surface area contributed by atoms with Crippen molar-refractivity contribution in [3.63, 3.8) is 0 Å². The van der Waals surface area contributed by atoms with Gasteiger partial charge in [0.15, 0.2) is 0 Å². The number of halogens is 1. The lowest BCUT2D eigenvalue weighted by atomic mass is 10.2. The molecule has 1 aliphatic rings. The molecule has 1 fully saturated rings. The molecule has 112 valence electrons. The van der Waals surface area contributed by atoms with E-state index in [9.17, 15) is 4.39 Å². The van der Waals surface area contributed by atoms with Gasteiger partial charge in [0.05, 0.1) is 0 Å². The molecule has 1 saturated heterocycles. The summed E-state index contributed by atoms with van der Waals surface area (Å²) >= 11 is 1.27. The number of hydrazine groups is 1. The Morgan fingerprint density at radius 3 is 2.57 bits per heavy atom. The van der Waals surface area contributed by atoms with Crippen LogP contribution in [0.1, 0.15) is 5.69 Å². The first-order valence-corrected chi connectivity index (χ1v) is 7.54. The second-order valence-corrected chi connectivity index (χ2v) is 5.69. The van der Waals surface area contributed by atoms with Crippen molar-refractivity contribution in [1.29, 1.82) is 0 Å². The van der Waals surface area contributed by atoms with Crippen molar-refractivity contribution in [2.75, 3.05) is 36.5 Å². The number of rotatable bonds is 4. The summed E-state index contributed by atoms with van der Waals surface area (Å²) in [7, 11) is 0. The first-order valence-electron chi connectivity index (χ1n) is 6.77. The van der Waals surface area contributed by atoms with Gasteiger partial charge < -0.3 is 10.3 Å². The standard InChI is InChI=1S/C13H17FN6S/c14-10-1-3-11(4-2-10)20-7-5-19(6-8-20)9-12-13(16-15)21-18-17-12/h1-4,16H,5-9,15H2. The van der Waals surface area contributed by atoms with Crippen LogP contribution in [0.25, 0.3) is 0 Å². The van der Waals surface area contributed by atoms with Gasteiger partial charge in [0, 0.05) is 49.9 Å². The average Bonchev–Trinajstić information content (AvgIpc) is 2.96. The highest BCUT2D eigenvalue weighted by molar-refractivity contribution is 7.10. The van der Waals surface area contributed by atoms with Gasteiger partial charge >= 0.3 is 0 Å². The fourth-order valence-corrected chi connectivity index (χ4v) is 2.93. The van der Waals surface area contributed by atoms with E-state index in [1.165, 1.54) is 23.7 Å². The first-order chi connectivity index (χ1) is 10.3. The molecule has 1 aromatic heterocycles. The molecule has 1 aliphatic heterocycles. The van der Waals surface area contributed by atoms with Crippen LogP contribution in [0.5, 0.6) is 0 Å². The van der Waals surface area contributed by atoms with Crippen molar-refractivity contribution < 1.29 is 4.39 Å². The molecule has 0 spiro atoms. The van der Waals surface area contributed by atoms with Gasteiger partial charge in [-0.25, -0.2) is 10.2 Å². The van der Waals surface area contributed by atoms with Crippen LogP contribution in [0, 0.1) is 5.82 Å². The lowest BCUT2D eigenvalue weighted by Gasteiger charge is -2.35. The summed E-state index contributed by atoms with van der Waals surface area (Å²) in [6.07, 6.45) is 0. The Hall–Kier alpha value is -1.77. The molecule has 3 rings (SSSR count). The Bertz CT molecular complexity index is 579. The summed E-state index contributed by atoms with van der Waals surface area (Å²) in [4.78, 5) is 4.58. The number of benzene rings is 1. The summed E-state index contributed by atoms with van der Waals surface area (Å²) in [5.41, 5.74) is 4.58. The minimum Gasteiger partial charge on any atom is -0.369 e. The molecule has 0 radical (unpaired) electrons. The normalized spacial score (nSPS) is 16.2. The fourth-order valence-electron chi connectivity index (χ4n) is 2.45. The Morgan fingerprint density at radius 2 is 1.90 bits per heavy atom. The van der Waals surface area contributed by atoms with Crippen LogP contribution in [0.2, 0.25) is 0 Å². The van der Waals surface area contributed by atoms with Gasteiger partial charge in [-0.3, -0.25) is 4.90 Å². The number of anilines is 2. The Kier molecular flexibility index (Phi) is 4.28. The maximum atomic E-state index is 12.9. The van der Waals surface area contributed by atoms with Gasteiger partial charge in [-0.2, -0.15) is 0 Å². The Morgan fingerprint density at radius 1 is 1.19 bits per heavy atom. The largest absolute Gasteiger partial charge is 0.369 e. The van der Waals surface area contributed by atoms with E-state index in [-0.39, 0.29) is 5.82 Å². The number of nitrogens with two attached hydrogens (primary N) is 1. The van der Waals surface area contributed by atoms with Gasteiger partial charge in [0.1, 0.15) is 16.5 Å². The van der Waals surface area contributed by atoms with E-state index in [0.717, 1.165) is 49.1 Å². The molecule has 21 heavy (non-hydrogen) atoms. The lowest BCUT2D eigenvalue weighted by molar-refractivity contribution is 0.247. The number of nitrogens with one attached hydrogen (secondary N) is 1. The van der Waals surface area contributed by atoms with Gasteiger partial charge in [-0.15, -0.1) is 5.10 Å². The molecular weight excluding hydrogens is 291 g/mol. The molecule has 2 aromatic rings. The average molecular weight is 308 g/mol. The molecular formula is C13H17FN6S. The molecule has 3 N–H and O–H groups in total. The van der Waals surface area contributed by atoms with E-state index < -0.39 is 0 Å². The third-order valence-corrected chi connectivity index (χ3v) is 4.32. The SMILES string of the molecule is NNc1snnc1CN1CCN(c2ccc(F)cc2)CC1. The zero-order valence-electron chi connectivity index (χ0n) is 11.5. The van der Waals surface area contributed by atoms with Crippen LogP contribution >= 0.6 is 11.5 Å². The maximum Gasteiger partial charge on any atom is 0.148 e. The number of hydrogen-bond donors (Lipinski definition) is 2. The van der Waals surface area contributed by atoms with Crippen LogP contribution in [0.15, 0.2) is 24.3 Å². The number of hydrogen-bond acceptors (Lipinski definition) is 7. The molecule has 0 bridgehead atoms. The van der Waals surface area contributed by atoms with Crippen molar-refractivity contribution in [3.8, 4) is 0 Å². The first kappa shape index (κ1) is 14.2. The topological polar surface area (TPSA) is 70.3 Å². The van der Waals surface area contributed by atoms with Crippen LogP contribution in [0.3, 0.4) is 0 Å². The minimum absolute atomic E-state index is 0.199. The maximum absolute atomic E-state index is 12.9. The second kappa shape index (κ2) is 6.33. The highest BCUT2D eigenvalue weighted by atomic mass is 32.1. The van der Waals surface area contributed by atoms with Crippen LogP contribution in [0.4, 0.5) is 15.1 Å². The summed E-state index contributed by atoms with van der Waals surface area (Å²) in [5, 5.41) is 4.91. The van der Waals surface area contributed by atoms with Crippen LogP contribution in [-0.4, -0.2) is 40.7 Å². The van der Waals surface area contributed by atoms with Crippen molar-refractivity contribution in [2.24, 2.45) is 5.84 Å². The quantitative estimate of drug-likeness (QED) is 0.655.